The Bertz CT molecular complexity index is 804. The lowest BCUT2D eigenvalue weighted by Gasteiger charge is -2.14. The maximum atomic E-state index is 12.3. The zero-order chi connectivity index (χ0) is 19.1. The Labute approximate surface area is 157 Å². The van der Waals surface area contributed by atoms with Crippen LogP contribution in [0.1, 0.15) is 34.6 Å². The minimum absolute atomic E-state index is 0.0114. The fourth-order valence-corrected chi connectivity index (χ4v) is 2.40. The average Bonchev–Trinajstić information content (AvgIpc) is 2.61. The maximum absolute atomic E-state index is 12.3. The van der Waals surface area contributed by atoms with Crippen molar-refractivity contribution in [2.24, 2.45) is 0 Å². The Hall–Kier alpha value is -2.93. The normalized spacial score (nSPS) is 10.2. The van der Waals surface area contributed by atoms with E-state index in [1.807, 2.05) is 13.8 Å². The number of benzene rings is 2. The summed E-state index contributed by atoms with van der Waals surface area (Å²) in [7, 11) is 1.56. The summed E-state index contributed by atoms with van der Waals surface area (Å²) in [5.74, 6) is 0.0917. The van der Waals surface area contributed by atoms with Gasteiger partial charge < -0.3 is 15.4 Å². The van der Waals surface area contributed by atoms with E-state index in [-0.39, 0.29) is 23.0 Å². The van der Waals surface area contributed by atoms with Gasteiger partial charge in [0.1, 0.15) is 5.75 Å². The van der Waals surface area contributed by atoms with Gasteiger partial charge in [0.25, 0.3) is 11.8 Å². The summed E-state index contributed by atoms with van der Waals surface area (Å²) >= 11 is 5.20. The largest absolute Gasteiger partial charge is 0.497 e. The number of amides is 2. The summed E-state index contributed by atoms with van der Waals surface area (Å²) in [4.78, 5) is 24.5. The van der Waals surface area contributed by atoms with Crippen LogP contribution < -0.4 is 20.7 Å². The summed E-state index contributed by atoms with van der Waals surface area (Å²) in [6.45, 7) is 3.77. The molecule has 0 spiro atoms. The van der Waals surface area contributed by atoms with Gasteiger partial charge >= 0.3 is 0 Å². The first kappa shape index (κ1) is 19.4. The molecule has 2 amide bonds. The molecule has 0 aliphatic rings. The number of carbonyl (C=O) groups is 2. The number of methoxy groups -OCH3 is 1. The molecule has 0 bridgehead atoms. The molecule has 0 aromatic heterocycles. The monoisotopic (exact) mass is 371 g/mol. The van der Waals surface area contributed by atoms with Crippen molar-refractivity contribution < 1.29 is 14.3 Å². The van der Waals surface area contributed by atoms with Gasteiger partial charge in [-0.15, -0.1) is 0 Å². The fraction of sp³-hybridized carbons (Fsp3) is 0.211. The molecule has 0 atom stereocenters. The van der Waals surface area contributed by atoms with Crippen LogP contribution in [-0.4, -0.2) is 30.1 Å². The van der Waals surface area contributed by atoms with E-state index in [1.54, 1.807) is 55.6 Å². The molecule has 0 unspecified atom stereocenters. The third kappa shape index (κ3) is 5.29. The summed E-state index contributed by atoms with van der Waals surface area (Å²) in [6.07, 6.45) is 0. The number of para-hydroxylation sites is 1. The molecule has 2 aromatic carbocycles. The first-order chi connectivity index (χ1) is 12.4. The maximum Gasteiger partial charge on any atom is 0.257 e. The number of carbonyl (C=O) groups excluding carboxylic acids is 2. The second-order valence-electron chi connectivity index (χ2n) is 5.81. The van der Waals surface area contributed by atoms with E-state index >= 15 is 0 Å². The van der Waals surface area contributed by atoms with Crippen LogP contribution in [0.15, 0.2) is 48.5 Å². The molecule has 7 heteroatoms. The highest BCUT2D eigenvalue weighted by Crippen LogP contribution is 2.15. The number of hydrogen-bond acceptors (Lipinski definition) is 4. The molecular weight excluding hydrogens is 350 g/mol. The van der Waals surface area contributed by atoms with Gasteiger partial charge in [0.2, 0.25) is 0 Å². The summed E-state index contributed by atoms with van der Waals surface area (Å²) in [5.41, 5.74) is 1.41. The van der Waals surface area contributed by atoms with Gasteiger partial charge in [-0.2, -0.15) is 0 Å². The van der Waals surface area contributed by atoms with Crippen molar-refractivity contribution >= 4 is 34.8 Å². The second-order valence-corrected chi connectivity index (χ2v) is 6.22. The van der Waals surface area contributed by atoms with Crippen LogP contribution >= 0.6 is 12.2 Å². The Morgan fingerprint density at radius 1 is 1.00 bits per heavy atom. The quantitative estimate of drug-likeness (QED) is 0.704. The molecular formula is C19H21N3O3S. The van der Waals surface area contributed by atoms with Crippen molar-refractivity contribution in [1.29, 1.82) is 0 Å². The third-order valence-electron chi connectivity index (χ3n) is 3.42. The molecule has 2 aromatic rings. The molecule has 0 aliphatic heterocycles. The number of hydrogen-bond donors (Lipinski definition) is 3. The van der Waals surface area contributed by atoms with Crippen molar-refractivity contribution in [2.45, 2.75) is 19.9 Å². The molecule has 0 fully saturated rings. The van der Waals surface area contributed by atoms with Gasteiger partial charge in [0.05, 0.1) is 18.4 Å². The van der Waals surface area contributed by atoms with E-state index in [0.29, 0.717) is 22.6 Å². The number of thiocarbonyl (C=S) groups is 1. The fourth-order valence-electron chi connectivity index (χ4n) is 2.20. The van der Waals surface area contributed by atoms with E-state index in [0.717, 1.165) is 0 Å². The van der Waals surface area contributed by atoms with Gasteiger partial charge in [-0.25, -0.2) is 0 Å². The Morgan fingerprint density at radius 3 is 2.27 bits per heavy atom. The molecule has 0 saturated carbocycles. The van der Waals surface area contributed by atoms with Crippen LogP contribution in [0.25, 0.3) is 0 Å². The summed E-state index contributed by atoms with van der Waals surface area (Å²) in [6, 6.07) is 13.6. The van der Waals surface area contributed by atoms with Crippen molar-refractivity contribution in [3.8, 4) is 5.75 Å². The Kier molecular flexibility index (Phi) is 6.68. The van der Waals surface area contributed by atoms with Gasteiger partial charge in [-0.1, -0.05) is 12.1 Å². The SMILES string of the molecule is COc1ccc(C(=O)NC(=S)Nc2ccccc2C(=O)NC(C)C)cc1. The van der Waals surface area contributed by atoms with Gasteiger partial charge in [0.15, 0.2) is 5.11 Å². The molecule has 26 heavy (non-hydrogen) atoms. The number of rotatable bonds is 5. The van der Waals surface area contributed by atoms with Gasteiger partial charge in [-0.05, 0) is 62.5 Å². The van der Waals surface area contributed by atoms with E-state index < -0.39 is 0 Å². The highest BCUT2D eigenvalue weighted by molar-refractivity contribution is 7.80. The van der Waals surface area contributed by atoms with Crippen LogP contribution in [0.3, 0.4) is 0 Å². The summed E-state index contributed by atoms with van der Waals surface area (Å²) < 4.78 is 5.06. The van der Waals surface area contributed by atoms with Crippen LogP contribution in [-0.2, 0) is 0 Å². The van der Waals surface area contributed by atoms with E-state index in [4.69, 9.17) is 17.0 Å². The zero-order valence-electron chi connectivity index (χ0n) is 14.8. The van der Waals surface area contributed by atoms with Crippen molar-refractivity contribution in [3.05, 3.63) is 59.7 Å². The molecule has 136 valence electrons. The van der Waals surface area contributed by atoms with Gasteiger partial charge in [-0.3, -0.25) is 14.9 Å². The first-order valence-electron chi connectivity index (χ1n) is 8.07. The van der Waals surface area contributed by atoms with Crippen LogP contribution in [0.2, 0.25) is 0 Å². The Balaban J connectivity index is 2.05. The van der Waals surface area contributed by atoms with Crippen LogP contribution in [0, 0.1) is 0 Å². The minimum Gasteiger partial charge on any atom is -0.497 e. The molecule has 0 radical (unpaired) electrons. The second kappa shape index (κ2) is 8.96. The number of ether oxygens (including phenoxy) is 1. The highest BCUT2D eigenvalue weighted by Gasteiger charge is 2.14. The van der Waals surface area contributed by atoms with Crippen molar-refractivity contribution in [1.82, 2.24) is 10.6 Å². The lowest BCUT2D eigenvalue weighted by molar-refractivity contribution is 0.0942. The molecule has 0 aliphatic carbocycles. The predicted octanol–water partition coefficient (Wildman–Crippen LogP) is 2.96. The van der Waals surface area contributed by atoms with E-state index in [2.05, 4.69) is 16.0 Å². The number of anilines is 1. The minimum atomic E-state index is -0.353. The topological polar surface area (TPSA) is 79.5 Å². The zero-order valence-corrected chi connectivity index (χ0v) is 15.6. The van der Waals surface area contributed by atoms with Crippen molar-refractivity contribution in [3.63, 3.8) is 0 Å². The first-order valence-corrected chi connectivity index (χ1v) is 8.48. The standard InChI is InChI=1S/C19H21N3O3S/c1-12(2)20-18(24)15-6-4-5-7-16(15)21-19(26)22-17(23)13-8-10-14(25-3)11-9-13/h4-12H,1-3H3,(H,20,24)(H2,21,22,23,26). The molecule has 0 heterocycles. The van der Waals surface area contributed by atoms with E-state index in [1.165, 1.54) is 0 Å². The highest BCUT2D eigenvalue weighted by atomic mass is 32.1. The Morgan fingerprint density at radius 2 is 1.65 bits per heavy atom. The molecule has 0 saturated heterocycles. The number of nitrogens with one attached hydrogen (secondary N) is 3. The van der Waals surface area contributed by atoms with E-state index in [9.17, 15) is 9.59 Å². The smallest absolute Gasteiger partial charge is 0.257 e. The average molecular weight is 371 g/mol. The third-order valence-corrected chi connectivity index (χ3v) is 3.62. The molecule has 6 nitrogen and oxygen atoms in total. The van der Waals surface area contributed by atoms with Crippen LogP contribution in [0.5, 0.6) is 5.75 Å². The van der Waals surface area contributed by atoms with Crippen molar-refractivity contribution in [2.75, 3.05) is 12.4 Å². The van der Waals surface area contributed by atoms with Crippen LogP contribution in [0.4, 0.5) is 5.69 Å². The lowest BCUT2D eigenvalue weighted by Crippen LogP contribution is -2.35. The van der Waals surface area contributed by atoms with Gasteiger partial charge in [0, 0.05) is 11.6 Å². The molecule has 2 rings (SSSR count). The lowest BCUT2D eigenvalue weighted by atomic mass is 10.1. The predicted molar refractivity (Wildman–Crippen MR) is 106 cm³/mol. The molecule has 3 N–H and O–H groups in total. The summed E-state index contributed by atoms with van der Waals surface area (Å²) in [5, 5.41) is 8.44.